The largest absolute Gasteiger partial charge is 0.394 e. The van der Waals surface area contributed by atoms with E-state index in [2.05, 4.69) is 9.97 Å². The molecule has 106 valence electrons. The van der Waals surface area contributed by atoms with Gasteiger partial charge >= 0.3 is 5.69 Å². The Bertz CT molecular complexity index is 572. The van der Waals surface area contributed by atoms with E-state index in [9.17, 15) is 15.0 Å². The molecule has 2 heterocycles. The molecule has 2 rings (SSSR count). The predicted octanol–water partition coefficient (Wildman–Crippen LogP) is -1.66. The maximum Gasteiger partial charge on any atom is 0.323 e. The van der Waals surface area contributed by atoms with Gasteiger partial charge < -0.3 is 29.8 Å². The van der Waals surface area contributed by atoms with Gasteiger partial charge in [0.25, 0.3) is 0 Å². The summed E-state index contributed by atoms with van der Waals surface area (Å²) in [5, 5.41) is 29.0. The third-order valence-corrected chi connectivity index (χ3v) is 3.42. The summed E-state index contributed by atoms with van der Waals surface area (Å²) in [7, 11) is 1.26. The van der Waals surface area contributed by atoms with Gasteiger partial charge in [0.15, 0.2) is 0 Å². The second-order valence-electron chi connectivity index (χ2n) is 4.13. The van der Waals surface area contributed by atoms with Crippen LogP contribution in [0.1, 0.15) is 5.56 Å². The SMILES string of the molecule is CO[C@@]1(c2c[nH]c(=O)[nH]c2=S)O[C@H](CO)[C@@H](O)[C@H]1O. The second-order valence-corrected chi connectivity index (χ2v) is 4.54. The number of H-pyrrole nitrogens is 2. The number of aliphatic hydroxyl groups is 3. The van der Waals surface area contributed by atoms with Crippen LogP contribution in [0, 0.1) is 4.64 Å². The van der Waals surface area contributed by atoms with Crippen molar-refractivity contribution in [3.63, 3.8) is 0 Å². The van der Waals surface area contributed by atoms with Crippen molar-refractivity contribution < 1.29 is 24.8 Å². The smallest absolute Gasteiger partial charge is 0.323 e. The number of rotatable bonds is 3. The zero-order valence-corrected chi connectivity index (χ0v) is 10.8. The molecule has 5 N–H and O–H groups in total. The van der Waals surface area contributed by atoms with Crippen LogP contribution in [-0.2, 0) is 15.3 Å². The number of hydrogen-bond donors (Lipinski definition) is 5. The summed E-state index contributed by atoms with van der Waals surface area (Å²) in [5.74, 6) is -1.75. The van der Waals surface area contributed by atoms with Gasteiger partial charge in [0, 0.05) is 13.3 Å². The van der Waals surface area contributed by atoms with E-state index in [1.54, 1.807) is 0 Å². The topological polar surface area (TPSA) is 128 Å². The van der Waals surface area contributed by atoms with Crippen LogP contribution in [0.3, 0.4) is 0 Å². The normalized spacial score (nSPS) is 34.6. The fraction of sp³-hybridized carbons (Fsp3) is 0.600. The van der Waals surface area contributed by atoms with Gasteiger partial charge in [-0.3, -0.25) is 4.98 Å². The average molecular weight is 290 g/mol. The third kappa shape index (κ3) is 2.14. The highest BCUT2D eigenvalue weighted by molar-refractivity contribution is 7.71. The molecule has 1 aliphatic rings. The molecule has 1 aromatic heterocycles. The Morgan fingerprint density at radius 3 is 2.74 bits per heavy atom. The van der Waals surface area contributed by atoms with Crippen LogP contribution in [-0.4, -0.2) is 57.3 Å². The highest BCUT2D eigenvalue weighted by Crippen LogP contribution is 2.40. The van der Waals surface area contributed by atoms with Crippen molar-refractivity contribution in [2.24, 2.45) is 0 Å². The molecule has 1 aromatic rings. The average Bonchev–Trinajstić information content (AvgIpc) is 2.64. The van der Waals surface area contributed by atoms with Crippen molar-refractivity contribution in [3.05, 3.63) is 26.9 Å². The summed E-state index contributed by atoms with van der Waals surface area (Å²) in [6.45, 7) is -0.497. The van der Waals surface area contributed by atoms with Crippen LogP contribution < -0.4 is 5.69 Å². The lowest BCUT2D eigenvalue weighted by Crippen LogP contribution is -2.43. The van der Waals surface area contributed by atoms with Gasteiger partial charge in [-0.05, 0) is 0 Å². The van der Waals surface area contributed by atoms with Crippen LogP contribution in [0.25, 0.3) is 0 Å². The Morgan fingerprint density at radius 1 is 1.58 bits per heavy atom. The molecule has 0 saturated carbocycles. The summed E-state index contributed by atoms with van der Waals surface area (Å²) < 4.78 is 10.6. The first-order valence-corrected chi connectivity index (χ1v) is 5.89. The lowest BCUT2D eigenvalue weighted by Gasteiger charge is -2.30. The zero-order valence-electron chi connectivity index (χ0n) is 9.99. The van der Waals surface area contributed by atoms with Gasteiger partial charge in [-0.1, -0.05) is 12.2 Å². The molecule has 0 unspecified atom stereocenters. The molecule has 9 heteroatoms. The number of aliphatic hydroxyl groups excluding tert-OH is 3. The van der Waals surface area contributed by atoms with Crippen LogP contribution >= 0.6 is 12.2 Å². The molecule has 0 aliphatic carbocycles. The van der Waals surface area contributed by atoms with E-state index in [1.165, 1.54) is 13.3 Å². The van der Waals surface area contributed by atoms with E-state index in [0.29, 0.717) is 0 Å². The minimum Gasteiger partial charge on any atom is -0.394 e. The van der Waals surface area contributed by atoms with Gasteiger partial charge in [-0.25, -0.2) is 4.79 Å². The van der Waals surface area contributed by atoms with E-state index in [4.69, 9.17) is 26.8 Å². The standard InChI is InChI=1S/C10H14N2O6S/c1-17-10(4-2-11-9(16)12-8(4)19)7(15)6(14)5(3-13)18-10/h2,5-7,13-15H,3H2,1H3,(H2,11,12,16,19)/t5-,6-,7-,10+/m1/s1. The van der Waals surface area contributed by atoms with Crippen LogP contribution in [0.15, 0.2) is 11.0 Å². The molecule has 4 atom stereocenters. The highest BCUT2D eigenvalue weighted by Gasteiger charge is 2.56. The first-order chi connectivity index (χ1) is 8.96. The van der Waals surface area contributed by atoms with E-state index < -0.39 is 36.4 Å². The summed E-state index contributed by atoms with van der Waals surface area (Å²) in [4.78, 5) is 15.8. The minimum atomic E-state index is -1.75. The van der Waals surface area contributed by atoms with Gasteiger partial charge in [-0.15, -0.1) is 0 Å². The molecular weight excluding hydrogens is 276 g/mol. The quantitative estimate of drug-likeness (QED) is 0.422. The van der Waals surface area contributed by atoms with E-state index >= 15 is 0 Å². The predicted molar refractivity (Wildman–Crippen MR) is 64.9 cm³/mol. The van der Waals surface area contributed by atoms with E-state index in [-0.39, 0.29) is 10.2 Å². The molecule has 0 radical (unpaired) electrons. The number of aromatic amines is 2. The maximum absolute atomic E-state index is 11.1. The Labute approximate surface area is 112 Å². The Morgan fingerprint density at radius 2 is 2.26 bits per heavy atom. The minimum absolute atomic E-state index is 0.00967. The molecule has 0 bridgehead atoms. The summed E-state index contributed by atoms with van der Waals surface area (Å²) in [5.41, 5.74) is -0.362. The van der Waals surface area contributed by atoms with Crippen LogP contribution in [0.5, 0.6) is 0 Å². The van der Waals surface area contributed by atoms with Crippen molar-refractivity contribution in [2.75, 3.05) is 13.7 Å². The molecule has 1 saturated heterocycles. The van der Waals surface area contributed by atoms with Crippen LogP contribution in [0.4, 0.5) is 0 Å². The molecule has 19 heavy (non-hydrogen) atoms. The fourth-order valence-electron chi connectivity index (χ4n) is 2.11. The summed E-state index contributed by atoms with van der Waals surface area (Å²) >= 11 is 4.99. The van der Waals surface area contributed by atoms with Crippen molar-refractivity contribution in [1.29, 1.82) is 0 Å². The second kappa shape index (κ2) is 5.12. The Hall–Kier alpha value is -1.10. The number of nitrogens with one attached hydrogen (secondary N) is 2. The number of aromatic nitrogens is 2. The maximum atomic E-state index is 11.1. The van der Waals surface area contributed by atoms with Gasteiger partial charge in [0.1, 0.15) is 23.0 Å². The van der Waals surface area contributed by atoms with Gasteiger partial charge in [-0.2, -0.15) is 0 Å². The number of hydrogen-bond acceptors (Lipinski definition) is 7. The molecule has 0 aromatic carbocycles. The lowest BCUT2D eigenvalue weighted by molar-refractivity contribution is -0.257. The van der Waals surface area contributed by atoms with Crippen LogP contribution in [0.2, 0.25) is 0 Å². The lowest BCUT2D eigenvalue weighted by atomic mass is 10.00. The molecule has 1 fully saturated rings. The van der Waals surface area contributed by atoms with Crippen molar-refractivity contribution in [2.45, 2.75) is 24.1 Å². The molecule has 0 amide bonds. The summed E-state index contributed by atoms with van der Waals surface area (Å²) in [6, 6.07) is 0. The molecule has 1 aliphatic heterocycles. The Kier molecular flexibility index (Phi) is 3.85. The first kappa shape index (κ1) is 14.3. The third-order valence-electron chi connectivity index (χ3n) is 3.10. The first-order valence-electron chi connectivity index (χ1n) is 5.48. The van der Waals surface area contributed by atoms with E-state index in [1.807, 2.05) is 0 Å². The summed E-state index contributed by atoms with van der Waals surface area (Å²) in [6.07, 6.45) is -2.58. The molecule has 0 spiro atoms. The molecule has 8 nitrogen and oxygen atoms in total. The van der Waals surface area contributed by atoms with Crippen molar-refractivity contribution in [3.8, 4) is 0 Å². The fourth-order valence-corrected chi connectivity index (χ4v) is 2.40. The monoisotopic (exact) mass is 290 g/mol. The highest BCUT2D eigenvalue weighted by atomic mass is 32.1. The van der Waals surface area contributed by atoms with Gasteiger partial charge in [0.2, 0.25) is 5.79 Å². The van der Waals surface area contributed by atoms with Crippen molar-refractivity contribution >= 4 is 12.2 Å². The molecular formula is C10H14N2O6S. The van der Waals surface area contributed by atoms with Crippen molar-refractivity contribution in [1.82, 2.24) is 9.97 Å². The number of ether oxygens (including phenoxy) is 2. The van der Waals surface area contributed by atoms with E-state index in [0.717, 1.165) is 0 Å². The van der Waals surface area contributed by atoms with Gasteiger partial charge in [0.05, 0.1) is 12.2 Å². The Balaban J connectivity index is 2.55. The zero-order chi connectivity index (χ0) is 14.2. The number of methoxy groups -OCH3 is 1.